The topological polar surface area (TPSA) is 0 Å². The molecule has 0 aromatic heterocycles. The van der Waals surface area contributed by atoms with Crippen LogP contribution < -0.4 is 0 Å². The summed E-state index contributed by atoms with van der Waals surface area (Å²) in [5.74, 6) is 1.17. The third-order valence-corrected chi connectivity index (χ3v) is 0. The summed E-state index contributed by atoms with van der Waals surface area (Å²) in [6.07, 6.45) is 0. The molecule has 0 aliphatic heterocycles. The van der Waals surface area contributed by atoms with Crippen LogP contribution in [-0.2, 0) is 15.0 Å². The zero-order chi connectivity index (χ0) is 9.86. The van der Waals surface area contributed by atoms with Crippen molar-refractivity contribution in [2.24, 2.45) is 11.8 Å². The third-order valence-electron chi connectivity index (χ3n) is 0. The third kappa shape index (κ3) is 390. The van der Waals surface area contributed by atoms with E-state index in [1.54, 1.807) is 0 Å². The summed E-state index contributed by atoms with van der Waals surface area (Å²) in [6.45, 7) is 15.5. The van der Waals surface area contributed by atoms with Gasteiger partial charge in [0.2, 0.25) is 0 Å². The monoisotopic (exact) mass is 320 g/mol. The van der Waals surface area contributed by atoms with Gasteiger partial charge in [0.25, 0.3) is 0 Å². The molecule has 0 radical (unpaired) electrons. The molecule has 3 heteroatoms. The Morgan fingerprint density at radius 2 is 0.909 bits per heavy atom. The van der Waals surface area contributed by atoms with Gasteiger partial charge in [-0.05, 0) is 0 Å². The second-order valence-corrected chi connectivity index (χ2v) is 10.7. The molecule has 0 rings (SSSR count). The average Bonchev–Trinajstić information content (AvgIpc) is 1.60. The van der Waals surface area contributed by atoms with Gasteiger partial charge < -0.3 is 13.8 Å². The largest absolute Gasteiger partial charge is 0.341 e. The second-order valence-electron chi connectivity index (χ2n) is 2.86. The van der Waals surface area contributed by atoms with Gasteiger partial charge in [-0.2, -0.15) is 11.8 Å². The van der Waals surface area contributed by atoms with Crippen molar-refractivity contribution in [3.8, 4) is 0 Å². The molecule has 0 bridgehead atoms. The summed E-state index contributed by atoms with van der Waals surface area (Å²) in [6, 6.07) is 0. The first-order valence-electron chi connectivity index (χ1n) is 3.50. The SMILES string of the molecule is [Br][Ti][Br].[CH2-]C(C)C.[CH2-]C(C)C. The molecule has 0 saturated carbocycles. The van der Waals surface area contributed by atoms with Crippen LogP contribution in [0.25, 0.3) is 0 Å². The van der Waals surface area contributed by atoms with E-state index in [1.807, 2.05) is 0 Å². The van der Waals surface area contributed by atoms with Crippen molar-refractivity contribution in [3.05, 3.63) is 13.8 Å². The number of hydrogen-bond donors (Lipinski definition) is 0. The summed E-state index contributed by atoms with van der Waals surface area (Å²) >= 11 is 6.50. The van der Waals surface area contributed by atoms with Gasteiger partial charge in [-0.25, -0.2) is 0 Å². The van der Waals surface area contributed by atoms with E-state index in [1.165, 1.54) is 0 Å². The van der Waals surface area contributed by atoms with Crippen molar-refractivity contribution in [1.82, 2.24) is 0 Å². The fourth-order valence-corrected chi connectivity index (χ4v) is 0. The maximum Gasteiger partial charge on any atom is -0.0903 e. The zero-order valence-electron chi connectivity index (χ0n) is 7.82. The van der Waals surface area contributed by atoms with Gasteiger partial charge in [0.15, 0.2) is 0 Å². The minimum Gasteiger partial charge on any atom is -0.341 e. The molecule has 0 atom stereocenters. The van der Waals surface area contributed by atoms with Crippen LogP contribution in [0.3, 0.4) is 0 Å². The molecule has 0 fully saturated rings. The minimum absolute atomic E-state index is 0.125. The molecule has 0 aliphatic rings. The van der Waals surface area contributed by atoms with Gasteiger partial charge in [-0.15, -0.1) is 0 Å². The molecule has 0 heterocycles. The summed E-state index contributed by atoms with van der Waals surface area (Å²) < 4.78 is 0. The van der Waals surface area contributed by atoms with E-state index < -0.39 is 0 Å². The van der Waals surface area contributed by atoms with Crippen LogP contribution in [0.1, 0.15) is 27.7 Å². The standard InChI is InChI=1S/2C4H9.2BrH.Ti/c2*1-4(2)3;;;/h2*4H,1H2,2-3H3;2*1H;/q2*-1;;;+2/p-2. The van der Waals surface area contributed by atoms with Crippen LogP contribution in [0.15, 0.2) is 0 Å². The molecule has 0 saturated heterocycles. The van der Waals surface area contributed by atoms with Gasteiger partial charge >= 0.3 is 41.3 Å². The van der Waals surface area contributed by atoms with Crippen molar-refractivity contribution < 1.29 is 15.0 Å². The predicted octanol–water partition coefficient (Wildman–Crippen LogP) is 4.64. The summed E-state index contributed by atoms with van der Waals surface area (Å²) in [4.78, 5) is 0. The summed E-state index contributed by atoms with van der Waals surface area (Å²) in [7, 11) is 0. The van der Waals surface area contributed by atoms with E-state index in [0.29, 0.717) is 11.8 Å². The van der Waals surface area contributed by atoms with Crippen molar-refractivity contribution in [2.75, 3.05) is 0 Å². The van der Waals surface area contributed by atoms with Crippen molar-refractivity contribution in [2.45, 2.75) is 27.7 Å². The molecule has 70 valence electrons. The quantitative estimate of drug-likeness (QED) is 0.450. The molecular weight excluding hydrogens is 304 g/mol. The number of hydrogen-bond acceptors (Lipinski definition) is 0. The Hall–Kier alpha value is 1.67. The van der Waals surface area contributed by atoms with Gasteiger partial charge in [0, 0.05) is 0 Å². The van der Waals surface area contributed by atoms with E-state index in [4.69, 9.17) is 0 Å². The minimum atomic E-state index is 0.125. The molecule has 0 aromatic carbocycles. The first-order valence-corrected chi connectivity index (χ1v) is 11.2. The molecule has 0 unspecified atom stereocenters. The Balaban J connectivity index is -0.0000000886. The Morgan fingerprint density at radius 1 is 0.909 bits per heavy atom. The molecule has 0 aromatic rings. The normalized spacial score (nSPS) is 7.82. The van der Waals surface area contributed by atoms with E-state index in [2.05, 4.69) is 67.9 Å². The molecule has 0 nitrogen and oxygen atoms in total. The van der Waals surface area contributed by atoms with Gasteiger partial charge in [-0.3, -0.25) is 0 Å². The Morgan fingerprint density at radius 3 is 0.909 bits per heavy atom. The smallest absolute Gasteiger partial charge is 0.0903 e. The predicted molar refractivity (Wildman–Crippen MR) is 58.2 cm³/mol. The van der Waals surface area contributed by atoms with Gasteiger partial charge in [0.1, 0.15) is 0 Å². The Bertz CT molecular complexity index is 35.8. The molecule has 0 spiro atoms. The number of halogens is 2. The molecular formula is C8H18Br2Ti-2. The van der Waals surface area contributed by atoms with E-state index >= 15 is 0 Å². The van der Waals surface area contributed by atoms with Crippen molar-refractivity contribution in [1.29, 1.82) is 0 Å². The maximum atomic E-state index is 3.64. The van der Waals surface area contributed by atoms with Crippen LogP contribution in [-0.4, -0.2) is 0 Å². The number of rotatable bonds is 0. The summed E-state index contributed by atoms with van der Waals surface area (Å²) in [5.41, 5.74) is 0. The maximum absolute atomic E-state index is 3.64. The zero-order valence-corrected chi connectivity index (χ0v) is 12.6. The van der Waals surface area contributed by atoms with Crippen molar-refractivity contribution in [3.63, 3.8) is 0 Å². The molecule has 0 N–H and O–H groups in total. The fourth-order valence-electron chi connectivity index (χ4n) is 0. The fraction of sp³-hybridized carbons (Fsp3) is 0.750. The summed E-state index contributed by atoms with van der Waals surface area (Å²) in [5, 5.41) is 0. The second kappa shape index (κ2) is 17.7. The van der Waals surface area contributed by atoms with Crippen LogP contribution in [0.5, 0.6) is 0 Å². The van der Waals surface area contributed by atoms with E-state index in [-0.39, 0.29) is 15.0 Å². The molecule has 0 aliphatic carbocycles. The van der Waals surface area contributed by atoms with Crippen LogP contribution in [0, 0.1) is 25.7 Å². The Kier molecular flexibility index (Phi) is 29.7. The van der Waals surface area contributed by atoms with Crippen LogP contribution in [0.4, 0.5) is 0 Å². The van der Waals surface area contributed by atoms with Crippen LogP contribution in [0.2, 0.25) is 0 Å². The van der Waals surface area contributed by atoms with Crippen molar-refractivity contribution >= 4 is 26.3 Å². The van der Waals surface area contributed by atoms with E-state index in [9.17, 15) is 0 Å². The first kappa shape index (κ1) is 18.5. The van der Waals surface area contributed by atoms with Gasteiger partial charge in [-0.1, -0.05) is 27.7 Å². The Labute approximate surface area is 93.9 Å². The molecule has 11 heavy (non-hydrogen) atoms. The molecule has 0 amide bonds. The first-order chi connectivity index (χ1) is 4.88. The van der Waals surface area contributed by atoms with Crippen LogP contribution >= 0.6 is 26.3 Å². The van der Waals surface area contributed by atoms with E-state index in [0.717, 1.165) is 0 Å². The van der Waals surface area contributed by atoms with Gasteiger partial charge in [0.05, 0.1) is 0 Å². The average molecular weight is 322 g/mol.